The Morgan fingerprint density at radius 2 is 1.80 bits per heavy atom. The quantitative estimate of drug-likeness (QED) is 0.598. The van der Waals surface area contributed by atoms with E-state index >= 15 is 0 Å². The molecule has 2 heterocycles. The van der Waals surface area contributed by atoms with Crippen LogP contribution in [0.25, 0.3) is 0 Å². The maximum atomic E-state index is 12.8. The third-order valence-electron chi connectivity index (χ3n) is 5.59. The summed E-state index contributed by atoms with van der Waals surface area (Å²) < 4.78 is 5.75. The van der Waals surface area contributed by atoms with Gasteiger partial charge in [-0.2, -0.15) is 0 Å². The van der Waals surface area contributed by atoms with Crippen LogP contribution in [0.1, 0.15) is 21.8 Å². The minimum absolute atomic E-state index is 0.149. The molecule has 156 valence electrons. The summed E-state index contributed by atoms with van der Waals surface area (Å²) in [5, 5.41) is 2.86. The lowest BCUT2D eigenvalue weighted by Gasteiger charge is -2.37. The van der Waals surface area contributed by atoms with Gasteiger partial charge in [-0.05, 0) is 43.2 Å². The van der Waals surface area contributed by atoms with Crippen LogP contribution in [-0.2, 0) is 17.8 Å². The molecule has 4 rings (SSSR count). The van der Waals surface area contributed by atoms with Crippen molar-refractivity contribution in [3.05, 3.63) is 75.7 Å². The summed E-state index contributed by atoms with van der Waals surface area (Å²) in [6, 6.07) is 16.1. The number of carbonyl (C=O) groups is 1. The van der Waals surface area contributed by atoms with Crippen molar-refractivity contribution in [2.24, 2.45) is 0 Å². The van der Waals surface area contributed by atoms with Gasteiger partial charge in [0.15, 0.2) is 0 Å². The number of thiazole rings is 1. The normalized spacial score (nSPS) is 14.1. The number of rotatable bonds is 6. The first-order valence-electron chi connectivity index (χ1n) is 10.3. The Morgan fingerprint density at radius 1 is 1.03 bits per heavy atom. The Hall–Kier alpha value is -2.86. The lowest BCUT2D eigenvalue weighted by molar-refractivity contribution is -0.130. The molecule has 0 atom stereocenters. The third kappa shape index (κ3) is 4.82. The number of nitrogens with zero attached hydrogens (tertiary/aromatic N) is 3. The minimum atomic E-state index is 0.149. The zero-order chi connectivity index (χ0) is 20.9. The smallest absolute Gasteiger partial charge is 0.228 e. The highest BCUT2D eigenvalue weighted by molar-refractivity contribution is 7.09. The molecular formula is C24H27N3O2S. The largest absolute Gasteiger partial charge is 0.486 e. The fourth-order valence-corrected chi connectivity index (χ4v) is 4.40. The SMILES string of the molecule is Cc1cccc(N2CCN(C(=O)Cc3csc(COc4ccccc4)n3)CC2)c1C. The first kappa shape index (κ1) is 20.4. The number of ether oxygens (including phenoxy) is 1. The highest BCUT2D eigenvalue weighted by Crippen LogP contribution is 2.24. The number of carbonyl (C=O) groups excluding carboxylic acids is 1. The second-order valence-corrected chi connectivity index (χ2v) is 8.54. The average molecular weight is 422 g/mol. The van der Waals surface area contributed by atoms with Crippen molar-refractivity contribution in [1.82, 2.24) is 9.88 Å². The fraction of sp³-hybridized carbons (Fsp3) is 0.333. The van der Waals surface area contributed by atoms with E-state index in [1.165, 1.54) is 16.8 Å². The van der Waals surface area contributed by atoms with E-state index in [-0.39, 0.29) is 5.91 Å². The third-order valence-corrected chi connectivity index (χ3v) is 6.46. The van der Waals surface area contributed by atoms with Crippen molar-refractivity contribution >= 4 is 22.9 Å². The van der Waals surface area contributed by atoms with Gasteiger partial charge in [0, 0.05) is 37.2 Å². The number of amides is 1. The van der Waals surface area contributed by atoms with E-state index in [1.54, 1.807) is 11.3 Å². The zero-order valence-corrected chi connectivity index (χ0v) is 18.3. The van der Waals surface area contributed by atoms with E-state index in [1.807, 2.05) is 40.6 Å². The average Bonchev–Trinajstić information content (AvgIpc) is 3.22. The summed E-state index contributed by atoms with van der Waals surface area (Å²) in [6.07, 6.45) is 0.352. The Bertz CT molecular complexity index is 995. The number of aryl methyl sites for hydroxylation is 1. The minimum Gasteiger partial charge on any atom is -0.486 e. The molecule has 6 heteroatoms. The van der Waals surface area contributed by atoms with Crippen LogP contribution in [0.2, 0.25) is 0 Å². The lowest BCUT2D eigenvalue weighted by Crippen LogP contribution is -2.49. The number of hydrogen-bond acceptors (Lipinski definition) is 5. The summed E-state index contributed by atoms with van der Waals surface area (Å²) >= 11 is 1.54. The van der Waals surface area contributed by atoms with E-state index in [0.29, 0.717) is 13.0 Å². The molecule has 30 heavy (non-hydrogen) atoms. The van der Waals surface area contributed by atoms with Gasteiger partial charge >= 0.3 is 0 Å². The summed E-state index contributed by atoms with van der Waals surface area (Å²) in [7, 11) is 0. The van der Waals surface area contributed by atoms with Gasteiger partial charge in [-0.1, -0.05) is 30.3 Å². The van der Waals surface area contributed by atoms with Crippen LogP contribution in [0.3, 0.4) is 0 Å². The molecule has 0 unspecified atom stereocenters. The van der Waals surface area contributed by atoms with E-state index < -0.39 is 0 Å². The van der Waals surface area contributed by atoms with Gasteiger partial charge in [-0.15, -0.1) is 11.3 Å². The molecule has 1 saturated heterocycles. The van der Waals surface area contributed by atoms with Crippen molar-refractivity contribution in [3.8, 4) is 5.75 Å². The Labute approximate surface area is 181 Å². The van der Waals surface area contributed by atoms with Crippen molar-refractivity contribution in [2.75, 3.05) is 31.1 Å². The lowest BCUT2D eigenvalue weighted by atomic mass is 10.1. The van der Waals surface area contributed by atoms with Crippen molar-refractivity contribution in [3.63, 3.8) is 0 Å². The van der Waals surface area contributed by atoms with Gasteiger partial charge in [0.05, 0.1) is 12.1 Å². The standard InChI is InChI=1S/C24H27N3O2S/c1-18-7-6-10-22(19(18)2)26-11-13-27(14-12-26)24(28)15-20-17-30-23(25-20)16-29-21-8-4-3-5-9-21/h3-10,17H,11-16H2,1-2H3. The van der Waals surface area contributed by atoms with Crippen LogP contribution in [0.4, 0.5) is 5.69 Å². The molecule has 1 aliphatic heterocycles. The summed E-state index contributed by atoms with van der Waals surface area (Å²) in [5.41, 5.74) is 4.74. The maximum absolute atomic E-state index is 12.8. The van der Waals surface area contributed by atoms with Crippen LogP contribution in [0.15, 0.2) is 53.9 Å². The highest BCUT2D eigenvalue weighted by atomic mass is 32.1. The van der Waals surface area contributed by atoms with Crippen molar-refractivity contribution in [2.45, 2.75) is 26.9 Å². The number of piperazine rings is 1. The molecule has 0 spiro atoms. The molecular weight excluding hydrogens is 394 g/mol. The maximum Gasteiger partial charge on any atom is 0.228 e. The van der Waals surface area contributed by atoms with Crippen LogP contribution in [0.5, 0.6) is 5.75 Å². The monoisotopic (exact) mass is 421 g/mol. The van der Waals surface area contributed by atoms with Crippen LogP contribution >= 0.6 is 11.3 Å². The Balaban J connectivity index is 1.28. The Kier molecular flexibility index (Phi) is 6.33. The molecule has 1 aromatic heterocycles. The summed E-state index contributed by atoms with van der Waals surface area (Å²) in [6.45, 7) is 7.97. The first-order valence-corrected chi connectivity index (χ1v) is 11.2. The van der Waals surface area contributed by atoms with Gasteiger partial charge in [-0.25, -0.2) is 4.98 Å². The van der Waals surface area contributed by atoms with Gasteiger partial charge in [0.2, 0.25) is 5.91 Å². The first-order chi connectivity index (χ1) is 14.6. The van der Waals surface area contributed by atoms with E-state index in [0.717, 1.165) is 42.6 Å². The van der Waals surface area contributed by atoms with E-state index in [4.69, 9.17) is 4.74 Å². The Morgan fingerprint density at radius 3 is 2.57 bits per heavy atom. The molecule has 0 saturated carbocycles. The summed E-state index contributed by atoms with van der Waals surface area (Å²) in [4.78, 5) is 21.7. The van der Waals surface area contributed by atoms with Crippen molar-refractivity contribution in [1.29, 1.82) is 0 Å². The van der Waals surface area contributed by atoms with Crippen molar-refractivity contribution < 1.29 is 9.53 Å². The number of hydrogen-bond donors (Lipinski definition) is 0. The molecule has 0 bridgehead atoms. The topological polar surface area (TPSA) is 45.7 Å². The molecule has 0 aliphatic carbocycles. The molecule has 0 N–H and O–H groups in total. The predicted octanol–water partition coefficient (Wildman–Crippen LogP) is 4.23. The molecule has 1 fully saturated rings. The fourth-order valence-electron chi connectivity index (χ4n) is 3.70. The zero-order valence-electron chi connectivity index (χ0n) is 17.5. The van der Waals surface area contributed by atoms with Crippen LogP contribution in [-0.4, -0.2) is 42.0 Å². The van der Waals surface area contributed by atoms with Gasteiger partial charge in [-0.3, -0.25) is 4.79 Å². The number of anilines is 1. The van der Waals surface area contributed by atoms with Crippen LogP contribution in [0, 0.1) is 13.8 Å². The molecule has 5 nitrogen and oxygen atoms in total. The van der Waals surface area contributed by atoms with E-state index in [2.05, 4.69) is 41.9 Å². The summed E-state index contributed by atoms with van der Waals surface area (Å²) in [5.74, 6) is 0.975. The number of para-hydroxylation sites is 1. The second-order valence-electron chi connectivity index (χ2n) is 7.60. The van der Waals surface area contributed by atoms with Gasteiger partial charge in [0.1, 0.15) is 17.4 Å². The van der Waals surface area contributed by atoms with Gasteiger partial charge in [0.25, 0.3) is 0 Å². The molecule has 1 amide bonds. The number of benzene rings is 2. The highest BCUT2D eigenvalue weighted by Gasteiger charge is 2.23. The second kappa shape index (κ2) is 9.30. The van der Waals surface area contributed by atoms with Gasteiger partial charge < -0.3 is 14.5 Å². The molecule has 3 aromatic rings. The molecule has 2 aromatic carbocycles. The predicted molar refractivity (Wildman–Crippen MR) is 121 cm³/mol. The van der Waals surface area contributed by atoms with E-state index in [9.17, 15) is 4.79 Å². The van der Waals surface area contributed by atoms with Crippen LogP contribution < -0.4 is 9.64 Å². The molecule has 1 aliphatic rings. The molecule has 0 radical (unpaired) electrons. The number of aromatic nitrogens is 1.